The van der Waals surface area contributed by atoms with E-state index in [0.29, 0.717) is 0 Å². The molecule has 0 bridgehead atoms. The van der Waals surface area contributed by atoms with E-state index in [1.54, 1.807) is 4.57 Å². The van der Waals surface area contributed by atoms with Crippen molar-refractivity contribution < 1.29 is 0 Å². The lowest BCUT2D eigenvalue weighted by Gasteiger charge is -2.19. The molecule has 0 fully saturated rings. The maximum atomic E-state index is 11.8. The Bertz CT molecular complexity index is 690. The lowest BCUT2D eigenvalue weighted by molar-refractivity contribution is 0.727. The molecule has 0 unspecified atom stereocenters. The fraction of sp³-hybridized carbons (Fsp3) is 0.375. The fourth-order valence-corrected chi connectivity index (χ4v) is 2.65. The van der Waals surface area contributed by atoms with Gasteiger partial charge in [0.05, 0.1) is 0 Å². The highest BCUT2D eigenvalue weighted by Gasteiger charge is 2.20. The van der Waals surface area contributed by atoms with E-state index in [4.69, 9.17) is 0 Å². The van der Waals surface area contributed by atoms with Gasteiger partial charge >= 0.3 is 5.69 Å². The summed E-state index contributed by atoms with van der Waals surface area (Å²) in [5, 5.41) is 3.41. The van der Waals surface area contributed by atoms with Crippen molar-refractivity contribution in [3.63, 3.8) is 0 Å². The van der Waals surface area contributed by atoms with Crippen LogP contribution in [0.2, 0.25) is 0 Å². The standard InChI is InChI=1S/C16H20N4O/c1-12-3-5-14(6-4-12)17-7-8-19-9-10-20-15(19)11-13(2)18-16(20)21/h3-6,11,17H,7-10H2,1-2H3. The second-order valence-electron chi connectivity index (χ2n) is 5.47. The highest BCUT2D eigenvalue weighted by atomic mass is 16.1. The monoisotopic (exact) mass is 284 g/mol. The molecule has 110 valence electrons. The summed E-state index contributed by atoms with van der Waals surface area (Å²) in [6.45, 7) is 7.26. The summed E-state index contributed by atoms with van der Waals surface area (Å²) in [5.41, 5.74) is 3.03. The first-order valence-electron chi connectivity index (χ1n) is 7.27. The maximum absolute atomic E-state index is 11.8. The van der Waals surface area contributed by atoms with Crippen LogP contribution in [0.3, 0.4) is 0 Å². The van der Waals surface area contributed by atoms with Crippen LogP contribution in [-0.4, -0.2) is 29.2 Å². The Labute approximate surface area is 124 Å². The lowest BCUT2D eigenvalue weighted by atomic mass is 10.2. The van der Waals surface area contributed by atoms with Crippen molar-refractivity contribution in [1.82, 2.24) is 9.55 Å². The third-order valence-electron chi connectivity index (χ3n) is 3.80. The van der Waals surface area contributed by atoms with Gasteiger partial charge in [0.25, 0.3) is 0 Å². The second kappa shape index (κ2) is 5.60. The minimum absolute atomic E-state index is 0.140. The maximum Gasteiger partial charge on any atom is 0.349 e. The van der Waals surface area contributed by atoms with Gasteiger partial charge in [-0.1, -0.05) is 17.7 Å². The van der Waals surface area contributed by atoms with Gasteiger partial charge in [0, 0.05) is 43.6 Å². The Morgan fingerprint density at radius 2 is 1.95 bits per heavy atom. The predicted molar refractivity (Wildman–Crippen MR) is 85.1 cm³/mol. The number of nitrogens with one attached hydrogen (secondary N) is 1. The molecule has 1 aliphatic rings. The van der Waals surface area contributed by atoms with Crippen LogP contribution in [0.15, 0.2) is 35.1 Å². The number of fused-ring (bicyclic) bond motifs is 1. The Morgan fingerprint density at radius 1 is 1.19 bits per heavy atom. The van der Waals surface area contributed by atoms with Crippen LogP contribution >= 0.6 is 0 Å². The summed E-state index contributed by atoms with van der Waals surface area (Å²) < 4.78 is 1.75. The van der Waals surface area contributed by atoms with Gasteiger partial charge in [-0.2, -0.15) is 4.98 Å². The highest BCUT2D eigenvalue weighted by molar-refractivity contribution is 5.46. The van der Waals surface area contributed by atoms with Gasteiger partial charge < -0.3 is 10.2 Å². The van der Waals surface area contributed by atoms with E-state index in [2.05, 4.69) is 46.4 Å². The molecule has 0 saturated carbocycles. The van der Waals surface area contributed by atoms with Gasteiger partial charge in [0.1, 0.15) is 5.82 Å². The van der Waals surface area contributed by atoms with E-state index in [0.717, 1.165) is 43.4 Å². The second-order valence-corrected chi connectivity index (χ2v) is 5.47. The molecule has 0 saturated heterocycles. The first-order valence-corrected chi connectivity index (χ1v) is 7.27. The van der Waals surface area contributed by atoms with Gasteiger partial charge in [-0.05, 0) is 26.0 Å². The molecule has 3 rings (SSSR count). The average Bonchev–Trinajstić information content (AvgIpc) is 2.84. The van der Waals surface area contributed by atoms with Gasteiger partial charge in [0.15, 0.2) is 0 Å². The zero-order valence-electron chi connectivity index (χ0n) is 12.5. The number of hydrogen-bond donors (Lipinski definition) is 1. The zero-order valence-corrected chi connectivity index (χ0v) is 12.5. The summed E-state index contributed by atoms with van der Waals surface area (Å²) in [5.74, 6) is 0.984. The molecular weight excluding hydrogens is 264 g/mol. The topological polar surface area (TPSA) is 50.2 Å². The summed E-state index contributed by atoms with van der Waals surface area (Å²) in [6.07, 6.45) is 0. The number of aromatic nitrogens is 2. The normalized spacial score (nSPS) is 13.3. The number of aryl methyl sites for hydroxylation is 2. The number of anilines is 2. The Balaban J connectivity index is 1.63. The van der Waals surface area contributed by atoms with Crippen molar-refractivity contribution in [3.8, 4) is 0 Å². The predicted octanol–water partition coefficient (Wildman–Crippen LogP) is 1.79. The minimum atomic E-state index is -0.140. The first-order chi connectivity index (χ1) is 10.1. The minimum Gasteiger partial charge on any atom is -0.383 e. The molecule has 0 spiro atoms. The van der Waals surface area contributed by atoms with Crippen LogP contribution in [-0.2, 0) is 6.54 Å². The van der Waals surface area contributed by atoms with E-state index in [1.165, 1.54) is 5.56 Å². The lowest BCUT2D eigenvalue weighted by Crippen LogP contribution is -2.28. The van der Waals surface area contributed by atoms with Gasteiger partial charge in [-0.3, -0.25) is 4.57 Å². The van der Waals surface area contributed by atoms with Crippen molar-refractivity contribution in [2.24, 2.45) is 0 Å². The number of benzene rings is 1. The molecule has 2 aromatic rings. The van der Waals surface area contributed by atoms with E-state index >= 15 is 0 Å². The smallest absolute Gasteiger partial charge is 0.349 e. The van der Waals surface area contributed by atoms with Crippen LogP contribution in [0.4, 0.5) is 11.5 Å². The van der Waals surface area contributed by atoms with E-state index in [-0.39, 0.29) is 5.69 Å². The molecule has 1 aromatic heterocycles. The molecular formula is C16H20N4O. The first kappa shape index (κ1) is 13.7. The Morgan fingerprint density at radius 3 is 2.71 bits per heavy atom. The van der Waals surface area contributed by atoms with Gasteiger partial charge in [-0.15, -0.1) is 0 Å². The van der Waals surface area contributed by atoms with Crippen molar-refractivity contribution in [2.45, 2.75) is 20.4 Å². The number of nitrogens with zero attached hydrogens (tertiary/aromatic N) is 3. The summed E-state index contributed by atoms with van der Waals surface area (Å²) >= 11 is 0. The van der Waals surface area contributed by atoms with Crippen molar-refractivity contribution >= 4 is 11.5 Å². The molecule has 1 aliphatic heterocycles. The molecule has 0 aliphatic carbocycles. The molecule has 5 nitrogen and oxygen atoms in total. The molecule has 1 N–H and O–H groups in total. The SMILES string of the molecule is Cc1ccc(NCCN2CCn3c2cc(C)nc3=O)cc1. The van der Waals surface area contributed by atoms with E-state index in [9.17, 15) is 4.79 Å². The van der Waals surface area contributed by atoms with Crippen LogP contribution in [0, 0.1) is 13.8 Å². The van der Waals surface area contributed by atoms with Crippen molar-refractivity contribution in [3.05, 3.63) is 52.1 Å². The third kappa shape index (κ3) is 2.91. The van der Waals surface area contributed by atoms with E-state index < -0.39 is 0 Å². The highest BCUT2D eigenvalue weighted by Crippen LogP contribution is 2.18. The fourth-order valence-electron chi connectivity index (χ4n) is 2.65. The quantitative estimate of drug-likeness (QED) is 0.930. The summed E-state index contributed by atoms with van der Waals surface area (Å²) in [4.78, 5) is 18.0. The summed E-state index contributed by atoms with van der Waals surface area (Å²) in [6, 6.07) is 10.4. The summed E-state index contributed by atoms with van der Waals surface area (Å²) in [7, 11) is 0. The number of rotatable bonds is 4. The van der Waals surface area contributed by atoms with E-state index in [1.807, 2.05) is 13.0 Å². The van der Waals surface area contributed by atoms with Crippen LogP contribution < -0.4 is 15.9 Å². The molecule has 1 aromatic carbocycles. The Kier molecular flexibility index (Phi) is 3.64. The molecule has 0 amide bonds. The Hall–Kier alpha value is -2.30. The number of hydrogen-bond acceptors (Lipinski definition) is 4. The van der Waals surface area contributed by atoms with Crippen molar-refractivity contribution in [1.29, 1.82) is 0 Å². The molecule has 0 atom stereocenters. The molecule has 21 heavy (non-hydrogen) atoms. The van der Waals surface area contributed by atoms with Gasteiger partial charge in [0.2, 0.25) is 0 Å². The molecule has 0 radical (unpaired) electrons. The average molecular weight is 284 g/mol. The van der Waals surface area contributed by atoms with Crippen LogP contribution in [0.5, 0.6) is 0 Å². The largest absolute Gasteiger partial charge is 0.383 e. The van der Waals surface area contributed by atoms with Crippen LogP contribution in [0.25, 0.3) is 0 Å². The molecule has 5 heteroatoms. The van der Waals surface area contributed by atoms with Gasteiger partial charge in [-0.25, -0.2) is 4.79 Å². The van der Waals surface area contributed by atoms with Crippen molar-refractivity contribution in [2.75, 3.05) is 29.9 Å². The molecule has 2 heterocycles. The third-order valence-corrected chi connectivity index (χ3v) is 3.80. The van der Waals surface area contributed by atoms with Crippen LogP contribution in [0.1, 0.15) is 11.3 Å². The zero-order chi connectivity index (χ0) is 14.8.